The van der Waals surface area contributed by atoms with E-state index in [1.54, 1.807) is 6.20 Å². The molecule has 338 valence electrons. The Morgan fingerprint density at radius 1 is 0.857 bits per heavy atom. The van der Waals surface area contributed by atoms with Crippen molar-refractivity contribution in [2.75, 3.05) is 62.9 Å². The number of hydrogen-bond donors (Lipinski definition) is 3. The predicted molar refractivity (Wildman–Crippen MR) is 260 cm³/mol. The van der Waals surface area contributed by atoms with Crippen molar-refractivity contribution in [2.24, 2.45) is 0 Å². The number of nitrogens with zero attached hydrogens (tertiary/aromatic N) is 3. The first-order valence-electron chi connectivity index (χ1n) is 22.2. The monoisotopic (exact) mass is 876 g/mol. The van der Waals surface area contributed by atoms with Crippen LogP contribution in [0.5, 0.6) is 11.5 Å². The molecule has 11 nitrogen and oxygen atoms in total. The molecule has 1 fully saturated rings. The van der Waals surface area contributed by atoms with Gasteiger partial charge in [-0.2, -0.15) is 0 Å². The maximum absolute atomic E-state index is 12.0. The average Bonchev–Trinajstić information content (AvgIpc) is 3.29. The Bertz CT molecular complexity index is 2060. The Morgan fingerprint density at radius 2 is 1.49 bits per heavy atom. The third kappa shape index (κ3) is 15.5. The van der Waals surface area contributed by atoms with Crippen LogP contribution in [0.15, 0.2) is 110 Å². The Balaban J connectivity index is 0.843. The minimum atomic E-state index is -0.171. The van der Waals surface area contributed by atoms with Gasteiger partial charge in [0.05, 0.1) is 18.3 Å². The first-order chi connectivity index (χ1) is 30.6. The van der Waals surface area contributed by atoms with Gasteiger partial charge in [0, 0.05) is 91.8 Å². The Hall–Kier alpha value is -5.30. The molecule has 1 aliphatic rings. The lowest BCUT2D eigenvalue weighted by molar-refractivity contribution is 0.0809. The van der Waals surface area contributed by atoms with Gasteiger partial charge >= 0.3 is 0 Å². The summed E-state index contributed by atoms with van der Waals surface area (Å²) in [7, 11) is 1.99. The first-order valence-corrected chi connectivity index (χ1v) is 23.4. The maximum Gasteiger partial charge on any atom is 0.233 e. The Morgan fingerprint density at radius 3 is 2.16 bits per heavy atom. The molecule has 3 N–H and O–H groups in total. The van der Waals surface area contributed by atoms with Crippen molar-refractivity contribution in [3.05, 3.63) is 138 Å². The maximum atomic E-state index is 12.0. The Labute approximate surface area is 380 Å². The summed E-state index contributed by atoms with van der Waals surface area (Å²) in [5.74, 6) is 2.29. The second-order valence-corrected chi connectivity index (χ2v) is 17.0. The van der Waals surface area contributed by atoms with Gasteiger partial charge in [-0.15, -0.1) is 0 Å². The molecule has 0 amide bonds. The van der Waals surface area contributed by atoms with E-state index in [1.807, 2.05) is 49.7 Å². The molecule has 1 saturated heterocycles. The fourth-order valence-electron chi connectivity index (χ4n) is 7.47. The van der Waals surface area contributed by atoms with Gasteiger partial charge in [0.2, 0.25) is 5.95 Å². The summed E-state index contributed by atoms with van der Waals surface area (Å²) < 4.78 is 26.8. The lowest BCUT2D eigenvalue weighted by atomic mass is 9.78. The number of rotatable bonds is 29. The van der Waals surface area contributed by atoms with Gasteiger partial charge in [-0.25, -0.2) is 9.97 Å². The van der Waals surface area contributed by atoms with Crippen molar-refractivity contribution >= 4 is 35.6 Å². The van der Waals surface area contributed by atoms with Crippen LogP contribution in [-0.2, 0) is 21.5 Å². The number of carbonyl (C=O) groups is 1. The molecule has 0 spiro atoms. The molecule has 0 aliphatic carbocycles. The highest BCUT2D eigenvalue weighted by atomic mass is 32.2. The fourth-order valence-corrected chi connectivity index (χ4v) is 7.75. The number of unbranched alkanes of at least 4 members (excludes halogenated alkanes) is 4. The topological polar surface area (TPSA) is 119 Å². The number of allylic oxidation sites excluding steroid dienone is 1. The van der Waals surface area contributed by atoms with E-state index in [2.05, 4.69) is 100 Å². The number of carbonyl (C=O) groups excluding carboxylic acids is 1. The largest absolute Gasteiger partial charge is 0.494 e. The fraction of sp³-hybridized carbons (Fsp3) is 0.431. The SMILES string of the molecule is C=C1CCC(N(C)C(=C)c2ccc(NCCCOCCCOCCCCCCCOc3ccc(C(C)(C)c4ccc(OCc5ccnc(NSC)n5)cc4)cc3)cc2C=O)C(=C)N1. The van der Waals surface area contributed by atoms with Crippen LogP contribution in [0, 0.1) is 0 Å². The van der Waals surface area contributed by atoms with Crippen molar-refractivity contribution in [1.82, 2.24) is 20.2 Å². The van der Waals surface area contributed by atoms with Crippen LogP contribution in [0.2, 0.25) is 0 Å². The molecule has 0 saturated carbocycles. The number of nitrogens with one attached hydrogen (secondary N) is 3. The molecule has 0 radical (unpaired) electrons. The molecular weight excluding hydrogens is 809 g/mol. The number of benzene rings is 3. The smallest absolute Gasteiger partial charge is 0.233 e. The van der Waals surface area contributed by atoms with Crippen molar-refractivity contribution in [3.63, 3.8) is 0 Å². The van der Waals surface area contributed by atoms with E-state index in [1.165, 1.54) is 29.5 Å². The van der Waals surface area contributed by atoms with E-state index >= 15 is 0 Å². The van der Waals surface area contributed by atoms with Crippen molar-refractivity contribution in [2.45, 2.75) is 89.7 Å². The quantitative estimate of drug-likeness (QED) is 0.0274. The molecule has 5 rings (SSSR count). The minimum absolute atomic E-state index is 0.0938. The lowest BCUT2D eigenvalue weighted by Crippen LogP contribution is -2.39. The van der Waals surface area contributed by atoms with Gasteiger partial charge in [-0.05, 0) is 92.1 Å². The molecule has 4 aromatic rings. The lowest BCUT2D eigenvalue weighted by Gasteiger charge is -2.37. The highest BCUT2D eigenvalue weighted by Crippen LogP contribution is 2.34. The van der Waals surface area contributed by atoms with E-state index in [9.17, 15) is 4.79 Å². The van der Waals surface area contributed by atoms with Gasteiger partial charge in [0.1, 0.15) is 18.1 Å². The summed E-state index contributed by atoms with van der Waals surface area (Å²) in [5.41, 5.74) is 8.09. The summed E-state index contributed by atoms with van der Waals surface area (Å²) in [6, 6.07) is 24.6. The average molecular weight is 877 g/mol. The van der Waals surface area contributed by atoms with Crippen LogP contribution >= 0.6 is 11.9 Å². The highest BCUT2D eigenvalue weighted by molar-refractivity contribution is 7.99. The summed E-state index contributed by atoms with van der Waals surface area (Å²) in [5, 5.41) is 6.67. The van der Waals surface area contributed by atoms with Crippen LogP contribution in [0.4, 0.5) is 11.6 Å². The molecule has 12 heteroatoms. The summed E-state index contributed by atoms with van der Waals surface area (Å²) >= 11 is 1.46. The van der Waals surface area contributed by atoms with E-state index in [-0.39, 0.29) is 11.5 Å². The normalized spacial score (nSPS) is 13.9. The van der Waals surface area contributed by atoms with Gasteiger partial charge in [0.15, 0.2) is 6.29 Å². The zero-order chi connectivity index (χ0) is 44.9. The zero-order valence-corrected chi connectivity index (χ0v) is 38.7. The second-order valence-electron chi connectivity index (χ2n) is 16.4. The third-order valence-electron chi connectivity index (χ3n) is 11.4. The number of piperidine rings is 1. The third-order valence-corrected chi connectivity index (χ3v) is 11.7. The molecule has 63 heavy (non-hydrogen) atoms. The minimum Gasteiger partial charge on any atom is -0.494 e. The number of aldehydes is 1. The standard InChI is InChI=1S/C51H68N6O5S/c1-38-15-26-49(39(2)54-38)57(6)40(3)48-25-20-44(35-41(48)36-58)52-28-13-31-60-33-14-32-59-30-11-9-8-10-12-34-61-46-21-16-42(17-22-46)51(4,5)43-18-23-47(24-19-43)62-37-45-27-29-53-50(55-45)56-63-7/h16-25,27,29,35-36,49,52,54H,1-3,8-15,26,28,30-34,37H2,4-7H3,(H,53,55,56). The predicted octanol–water partition coefficient (Wildman–Crippen LogP) is 10.8. The van der Waals surface area contributed by atoms with Crippen LogP contribution < -0.4 is 24.8 Å². The highest BCUT2D eigenvalue weighted by Gasteiger charge is 2.26. The van der Waals surface area contributed by atoms with E-state index in [0.717, 1.165) is 123 Å². The summed E-state index contributed by atoms with van der Waals surface area (Å²) in [6.07, 6.45) is 13.7. The van der Waals surface area contributed by atoms with Gasteiger partial charge in [-0.3, -0.25) is 9.52 Å². The molecule has 0 bridgehead atoms. The summed E-state index contributed by atoms with van der Waals surface area (Å²) in [6.45, 7) is 21.6. The molecule has 3 aromatic carbocycles. The van der Waals surface area contributed by atoms with Crippen LogP contribution in [0.3, 0.4) is 0 Å². The van der Waals surface area contributed by atoms with Crippen LogP contribution in [0.1, 0.15) is 104 Å². The van der Waals surface area contributed by atoms with Crippen LogP contribution in [0.25, 0.3) is 5.70 Å². The molecule has 2 heterocycles. The van der Waals surface area contributed by atoms with Gasteiger partial charge < -0.3 is 34.5 Å². The molecule has 1 aromatic heterocycles. The molecule has 1 atom stereocenters. The summed E-state index contributed by atoms with van der Waals surface area (Å²) in [4.78, 5) is 22.7. The van der Waals surface area contributed by atoms with Gasteiger partial charge in [-0.1, -0.05) is 95.1 Å². The number of aromatic nitrogens is 2. The number of ether oxygens (including phenoxy) is 4. The van der Waals surface area contributed by atoms with Crippen LogP contribution in [-0.4, -0.2) is 80.1 Å². The number of hydrogen-bond acceptors (Lipinski definition) is 12. The number of likely N-dealkylation sites (N-methyl/N-ethyl adjacent to an activating group) is 1. The van der Waals surface area contributed by atoms with E-state index < -0.39 is 0 Å². The van der Waals surface area contributed by atoms with Crippen molar-refractivity contribution in [1.29, 1.82) is 0 Å². The van der Waals surface area contributed by atoms with E-state index in [0.29, 0.717) is 37.9 Å². The van der Waals surface area contributed by atoms with Crippen molar-refractivity contribution in [3.8, 4) is 11.5 Å². The first kappa shape index (κ1) is 48.7. The molecule has 1 aliphatic heterocycles. The Kier molecular flexibility index (Phi) is 19.9. The van der Waals surface area contributed by atoms with Gasteiger partial charge in [0.25, 0.3) is 0 Å². The molecule has 1 unspecified atom stereocenters. The van der Waals surface area contributed by atoms with E-state index in [4.69, 9.17) is 18.9 Å². The second kappa shape index (κ2) is 25.7. The number of anilines is 2. The molecular formula is C51H68N6O5S. The zero-order valence-electron chi connectivity index (χ0n) is 37.9. The van der Waals surface area contributed by atoms with Crippen molar-refractivity contribution < 1.29 is 23.7 Å².